The van der Waals surface area contributed by atoms with E-state index >= 15 is 0 Å². The van der Waals surface area contributed by atoms with Crippen LogP contribution in [0.5, 0.6) is 0 Å². The first-order valence-corrected chi connectivity index (χ1v) is 6.42. The maximum Gasteiger partial charge on any atom is 0.225 e. The molecule has 0 saturated carbocycles. The lowest BCUT2D eigenvalue weighted by Gasteiger charge is -2.35. The molecule has 1 aliphatic heterocycles. The Hall–Kier alpha value is -2.44. The fraction of sp³-hybridized carbons (Fsp3) is 0.308. The summed E-state index contributed by atoms with van der Waals surface area (Å²) in [5.41, 5.74) is 6.61. The van der Waals surface area contributed by atoms with Crippen LogP contribution in [0.4, 0.5) is 21.8 Å². The standard InChI is InChI=1S/C13H15FN6/c14-10-8-17-13(18-9-10)20-6-4-19(5-7-20)12-11(15)2-1-3-16-12/h1-3,8-9H,4-7,15H2. The van der Waals surface area contributed by atoms with Gasteiger partial charge in [-0.3, -0.25) is 0 Å². The van der Waals surface area contributed by atoms with Gasteiger partial charge in [-0.15, -0.1) is 0 Å². The first-order valence-electron chi connectivity index (χ1n) is 6.42. The van der Waals surface area contributed by atoms with Crippen molar-refractivity contribution in [2.75, 3.05) is 41.7 Å². The second-order valence-electron chi connectivity index (χ2n) is 4.59. The Morgan fingerprint density at radius 2 is 1.65 bits per heavy atom. The van der Waals surface area contributed by atoms with Gasteiger partial charge in [0.05, 0.1) is 18.1 Å². The van der Waals surface area contributed by atoms with E-state index in [4.69, 9.17) is 5.73 Å². The molecule has 2 aromatic rings. The third-order valence-corrected chi connectivity index (χ3v) is 3.29. The van der Waals surface area contributed by atoms with Gasteiger partial charge >= 0.3 is 0 Å². The Morgan fingerprint density at radius 1 is 1.00 bits per heavy atom. The minimum Gasteiger partial charge on any atom is -0.396 e. The van der Waals surface area contributed by atoms with E-state index in [1.165, 1.54) is 12.4 Å². The van der Waals surface area contributed by atoms with E-state index in [-0.39, 0.29) is 0 Å². The predicted octanol–water partition coefficient (Wildman–Crippen LogP) is 0.919. The molecule has 2 N–H and O–H groups in total. The molecule has 0 atom stereocenters. The zero-order chi connectivity index (χ0) is 13.9. The zero-order valence-electron chi connectivity index (χ0n) is 10.9. The number of pyridine rings is 1. The average molecular weight is 274 g/mol. The molecule has 0 amide bonds. The van der Waals surface area contributed by atoms with E-state index in [1.54, 1.807) is 6.20 Å². The summed E-state index contributed by atoms with van der Waals surface area (Å²) in [4.78, 5) is 16.5. The fourth-order valence-electron chi connectivity index (χ4n) is 2.26. The highest BCUT2D eigenvalue weighted by atomic mass is 19.1. The third kappa shape index (κ3) is 2.47. The Labute approximate surface area is 116 Å². The highest BCUT2D eigenvalue weighted by Gasteiger charge is 2.20. The summed E-state index contributed by atoms with van der Waals surface area (Å²) < 4.78 is 12.8. The fourth-order valence-corrected chi connectivity index (χ4v) is 2.26. The van der Waals surface area contributed by atoms with Crippen LogP contribution in [0.15, 0.2) is 30.7 Å². The number of rotatable bonds is 2. The Morgan fingerprint density at radius 3 is 2.30 bits per heavy atom. The molecule has 3 rings (SSSR count). The molecule has 0 radical (unpaired) electrons. The highest BCUT2D eigenvalue weighted by Crippen LogP contribution is 2.21. The lowest BCUT2D eigenvalue weighted by atomic mass is 10.3. The highest BCUT2D eigenvalue weighted by molar-refractivity contribution is 5.62. The molecular weight excluding hydrogens is 259 g/mol. The number of anilines is 3. The summed E-state index contributed by atoms with van der Waals surface area (Å²) in [5, 5.41) is 0. The van der Waals surface area contributed by atoms with Crippen LogP contribution in [0.1, 0.15) is 0 Å². The van der Waals surface area contributed by atoms with Gasteiger partial charge in [0.1, 0.15) is 0 Å². The summed E-state index contributed by atoms with van der Waals surface area (Å²) >= 11 is 0. The SMILES string of the molecule is Nc1cccnc1N1CCN(c2ncc(F)cn2)CC1. The molecule has 1 fully saturated rings. The summed E-state index contributed by atoms with van der Waals surface area (Å²) in [6.45, 7) is 3.06. The number of piperazine rings is 1. The molecule has 2 aromatic heterocycles. The summed E-state index contributed by atoms with van der Waals surface area (Å²) in [5.74, 6) is 0.945. The molecule has 0 aliphatic carbocycles. The predicted molar refractivity (Wildman–Crippen MR) is 75.1 cm³/mol. The monoisotopic (exact) mass is 274 g/mol. The molecule has 0 spiro atoms. The second-order valence-corrected chi connectivity index (χ2v) is 4.59. The van der Waals surface area contributed by atoms with Crippen molar-refractivity contribution in [1.29, 1.82) is 0 Å². The van der Waals surface area contributed by atoms with Crippen LogP contribution in [0.2, 0.25) is 0 Å². The molecule has 1 aliphatic rings. The normalized spacial score (nSPS) is 15.4. The van der Waals surface area contributed by atoms with E-state index in [2.05, 4.69) is 19.9 Å². The zero-order valence-corrected chi connectivity index (χ0v) is 10.9. The molecule has 104 valence electrons. The number of nitrogens with two attached hydrogens (primary N) is 1. The lowest BCUT2D eigenvalue weighted by molar-refractivity contribution is 0.601. The van der Waals surface area contributed by atoms with E-state index < -0.39 is 5.82 Å². The van der Waals surface area contributed by atoms with Crippen molar-refractivity contribution in [1.82, 2.24) is 15.0 Å². The summed E-state index contributed by atoms with van der Waals surface area (Å²) in [7, 11) is 0. The van der Waals surface area contributed by atoms with Gasteiger partial charge in [-0.1, -0.05) is 0 Å². The van der Waals surface area contributed by atoms with Crippen LogP contribution < -0.4 is 15.5 Å². The van der Waals surface area contributed by atoms with Crippen LogP contribution in [0, 0.1) is 5.82 Å². The largest absolute Gasteiger partial charge is 0.396 e. The molecular formula is C13H15FN6. The van der Waals surface area contributed by atoms with Gasteiger partial charge in [0.2, 0.25) is 5.95 Å². The molecule has 20 heavy (non-hydrogen) atoms. The molecule has 7 heteroatoms. The topological polar surface area (TPSA) is 71.2 Å². The van der Waals surface area contributed by atoms with Crippen molar-refractivity contribution >= 4 is 17.5 Å². The first-order chi connectivity index (χ1) is 9.74. The molecule has 3 heterocycles. The summed E-state index contributed by atoms with van der Waals surface area (Å²) in [6, 6.07) is 3.67. The first kappa shape index (κ1) is 12.6. The van der Waals surface area contributed by atoms with Crippen molar-refractivity contribution in [2.45, 2.75) is 0 Å². The number of hydrogen-bond acceptors (Lipinski definition) is 6. The smallest absolute Gasteiger partial charge is 0.225 e. The quantitative estimate of drug-likeness (QED) is 0.878. The van der Waals surface area contributed by atoms with Crippen LogP contribution in [-0.4, -0.2) is 41.1 Å². The van der Waals surface area contributed by atoms with Crippen molar-refractivity contribution < 1.29 is 4.39 Å². The molecule has 6 nitrogen and oxygen atoms in total. The Kier molecular flexibility index (Phi) is 3.32. The van der Waals surface area contributed by atoms with Crippen molar-refractivity contribution in [3.63, 3.8) is 0 Å². The van der Waals surface area contributed by atoms with Crippen molar-refractivity contribution in [3.05, 3.63) is 36.5 Å². The van der Waals surface area contributed by atoms with Crippen LogP contribution in [0.25, 0.3) is 0 Å². The Bertz CT molecular complexity index is 580. The summed E-state index contributed by atoms with van der Waals surface area (Å²) in [6.07, 6.45) is 4.11. The van der Waals surface area contributed by atoms with E-state index in [1.807, 2.05) is 17.0 Å². The van der Waals surface area contributed by atoms with Gasteiger partial charge in [0, 0.05) is 32.4 Å². The van der Waals surface area contributed by atoms with Crippen LogP contribution >= 0.6 is 0 Å². The molecule has 0 aromatic carbocycles. The van der Waals surface area contributed by atoms with Gasteiger partial charge in [-0.25, -0.2) is 19.3 Å². The van der Waals surface area contributed by atoms with Crippen molar-refractivity contribution in [2.24, 2.45) is 0 Å². The molecule has 0 unspecified atom stereocenters. The number of aromatic nitrogens is 3. The third-order valence-electron chi connectivity index (χ3n) is 3.29. The lowest BCUT2D eigenvalue weighted by Crippen LogP contribution is -2.47. The van der Waals surface area contributed by atoms with Gasteiger partial charge in [-0.2, -0.15) is 0 Å². The minimum absolute atomic E-state index is 0.423. The minimum atomic E-state index is -0.423. The number of halogens is 1. The van der Waals surface area contributed by atoms with Crippen LogP contribution in [0.3, 0.4) is 0 Å². The maximum atomic E-state index is 12.8. The van der Waals surface area contributed by atoms with E-state index in [0.717, 1.165) is 32.0 Å². The average Bonchev–Trinajstić information content (AvgIpc) is 2.49. The second kappa shape index (κ2) is 5.28. The molecule has 1 saturated heterocycles. The maximum absolute atomic E-state index is 12.8. The number of hydrogen-bond donors (Lipinski definition) is 1. The van der Waals surface area contributed by atoms with Gasteiger partial charge < -0.3 is 15.5 Å². The van der Waals surface area contributed by atoms with E-state index in [9.17, 15) is 4.39 Å². The number of nitrogens with zero attached hydrogens (tertiary/aromatic N) is 5. The van der Waals surface area contributed by atoms with Crippen molar-refractivity contribution in [3.8, 4) is 0 Å². The van der Waals surface area contributed by atoms with Gasteiger partial charge in [0.15, 0.2) is 11.6 Å². The van der Waals surface area contributed by atoms with E-state index in [0.29, 0.717) is 11.6 Å². The van der Waals surface area contributed by atoms with Gasteiger partial charge in [0.25, 0.3) is 0 Å². The van der Waals surface area contributed by atoms with Crippen LogP contribution in [-0.2, 0) is 0 Å². The molecule has 0 bridgehead atoms. The Balaban J connectivity index is 1.68. The van der Waals surface area contributed by atoms with Gasteiger partial charge in [-0.05, 0) is 12.1 Å². The number of nitrogen functional groups attached to an aromatic ring is 1.